The first-order chi connectivity index (χ1) is 3.31. The Morgan fingerprint density at radius 3 is 2.57 bits per heavy atom. The SMILES string of the molecule is C#CC[C@H](N)CO. The molecule has 0 aliphatic rings. The number of terminal acetylenes is 1. The first-order valence-corrected chi connectivity index (χ1v) is 2.11. The van der Waals surface area contributed by atoms with Crippen LogP contribution in [0.2, 0.25) is 0 Å². The predicted octanol–water partition coefficient (Wildman–Crippen LogP) is -0.671. The summed E-state index contributed by atoms with van der Waals surface area (Å²) in [5.74, 6) is 2.33. The molecule has 2 heteroatoms. The highest BCUT2D eigenvalue weighted by Gasteiger charge is 1.92. The van der Waals surface area contributed by atoms with E-state index in [-0.39, 0.29) is 12.6 Å². The Morgan fingerprint density at radius 2 is 2.43 bits per heavy atom. The van der Waals surface area contributed by atoms with Crippen molar-refractivity contribution in [3.05, 3.63) is 0 Å². The standard InChI is InChI=1S/C5H9NO/c1-2-3-5(6)4-7/h1,5,7H,3-4,6H2/t5-/m0/s1. The molecular weight excluding hydrogens is 90.1 g/mol. The van der Waals surface area contributed by atoms with Crippen molar-refractivity contribution >= 4 is 0 Å². The van der Waals surface area contributed by atoms with E-state index in [0.29, 0.717) is 6.42 Å². The maximum absolute atomic E-state index is 8.25. The molecule has 7 heavy (non-hydrogen) atoms. The molecule has 0 aliphatic heterocycles. The molecule has 0 saturated carbocycles. The van der Waals surface area contributed by atoms with E-state index in [0.717, 1.165) is 0 Å². The lowest BCUT2D eigenvalue weighted by Gasteiger charge is -1.98. The van der Waals surface area contributed by atoms with E-state index in [2.05, 4.69) is 5.92 Å². The summed E-state index contributed by atoms with van der Waals surface area (Å²) >= 11 is 0. The molecule has 40 valence electrons. The summed E-state index contributed by atoms with van der Waals surface area (Å²) in [5.41, 5.74) is 5.19. The molecular formula is C5H9NO. The van der Waals surface area contributed by atoms with Gasteiger partial charge in [-0.05, 0) is 0 Å². The maximum atomic E-state index is 8.25. The Bertz CT molecular complexity index is 74.6. The highest BCUT2D eigenvalue weighted by Crippen LogP contribution is 1.79. The molecule has 0 rings (SSSR count). The number of nitrogens with two attached hydrogens (primary N) is 1. The smallest absolute Gasteiger partial charge is 0.0591 e. The van der Waals surface area contributed by atoms with Crippen molar-refractivity contribution in [2.75, 3.05) is 6.61 Å². The lowest BCUT2D eigenvalue weighted by Crippen LogP contribution is -2.23. The second kappa shape index (κ2) is 3.66. The van der Waals surface area contributed by atoms with Crippen LogP contribution in [-0.2, 0) is 0 Å². The highest BCUT2D eigenvalue weighted by atomic mass is 16.3. The molecule has 0 aromatic rings. The van der Waals surface area contributed by atoms with Gasteiger partial charge in [0.25, 0.3) is 0 Å². The normalized spacial score (nSPS) is 12.7. The van der Waals surface area contributed by atoms with Crippen LogP contribution in [-0.4, -0.2) is 17.8 Å². The van der Waals surface area contributed by atoms with Gasteiger partial charge < -0.3 is 10.8 Å². The maximum Gasteiger partial charge on any atom is 0.0591 e. The van der Waals surface area contributed by atoms with Gasteiger partial charge in [-0.1, -0.05) is 0 Å². The van der Waals surface area contributed by atoms with E-state index in [9.17, 15) is 0 Å². The molecule has 0 aliphatic carbocycles. The van der Waals surface area contributed by atoms with E-state index in [1.807, 2.05) is 0 Å². The minimum Gasteiger partial charge on any atom is -0.395 e. The minimum atomic E-state index is -0.231. The van der Waals surface area contributed by atoms with E-state index >= 15 is 0 Å². The fraction of sp³-hybridized carbons (Fsp3) is 0.600. The Morgan fingerprint density at radius 1 is 1.86 bits per heavy atom. The highest BCUT2D eigenvalue weighted by molar-refractivity contribution is 4.87. The van der Waals surface area contributed by atoms with Crippen LogP contribution in [0.15, 0.2) is 0 Å². The molecule has 0 radical (unpaired) electrons. The average molecular weight is 99.1 g/mol. The summed E-state index contributed by atoms with van der Waals surface area (Å²) in [7, 11) is 0. The van der Waals surface area contributed by atoms with Crippen LogP contribution in [0.25, 0.3) is 0 Å². The lowest BCUT2D eigenvalue weighted by atomic mass is 10.2. The Labute approximate surface area is 43.3 Å². The van der Waals surface area contributed by atoms with Crippen LogP contribution in [0.3, 0.4) is 0 Å². The first kappa shape index (κ1) is 6.48. The molecule has 3 N–H and O–H groups in total. The molecule has 0 amide bonds. The van der Waals surface area contributed by atoms with Gasteiger partial charge in [-0.15, -0.1) is 12.3 Å². The van der Waals surface area contributed by atoms with Crippen molar-refractivity contribution in [3.8, 4) is 12.3 Å². The van der Waals surface area contributed by atoms with Gasteiger partial charge in [0.15, 0.2) is 0 Å². The second-order valence-electron chi connectivity index (χ2n) is 1.35. The van der Waals surface area contributed by atoms with Gasteiger partial charge in [-0.2, -0.15) is 0 Å². The fourth-order valence-corrected chi connectivity index (χ4v) is 0.216. The van der Waals surface area contributed by atoms with Crippen molar-refractivity contribution in [3.63, 3.8) is 0 Å². The minimum absolute atomic E-state index is 0.0236. The molecule has 1 atom stereocenters. The Kier molecular flexibility index (Phi) is 3.39. The van der Waals surface area contributed by atoms with Crippen LogP contribution >= 0.6 is 0 Å². The number of aliphatic hydroxyl groups excluding tert-OH is 1. The van der Waals surface area contributed by atoms with E-state index in [1.165, 1.54) is 0 Å². The van der Waals surface area contributed by atoms with Gasteiger partial charge >= 0.3 is 0 Å². The van der Waals surface area contributed by atoms with Gasteiger partial charge in [-0.25, -0.2) is 0 Å². The summed E-state index contributed by atoms with van der Waals surface area (Å²) < 4.78 is 0. The van der Waals surface area contributed by atoms with Gasteiger partial charge in [0.1, 0.15) is 0 Å². The summed E-state index contributed by atoms with van der Waals surface area (Å²) in [6, 6.07) is -0.231. The van der Waals surface area contributed by atoms with Crippen LogP contribution in [0, 0.1) is 12.3 Å². The van der Waals surface area contributed by atoms with Gasteiger partial charge in [0.05, 0.1) is 6.61 Å². The molecule has 0 bridgehead atoms. The van der Waals surface area contributed by atoms with Crippen LogP contribution in [0.1, 0.15) is 6.42 Å². The largest absolute Gasteiger partial charge is 0.395 e. The van der Waals surface area contributed by atoms with Crippen LogP contribution < -0.4 is 5.73 Å². The Hall–Kier alpha value is -0.520. The molecule has 0 spiro atoms. The monoisotopic (exact) mass is 99.1 g/mol. The third kappa shape index (κ3) is 3.31. The number of aliphatic hydroxyl groups is 1. The zero-order valence-corrected chi connectivity index (χ0v) is 4.09. The van der Waals surface area contributed by atoms with E-state index in [4.69, 9.17) is 17.3 Å². The number of rotatable bonds is 2. The zero-order chi connectivity index (χ0) is 5.70. The molecule has 0 heterocycles. The quantitative estimate of drug-likeness (QED) is 0.451. The average Bonchev–Trinajstić information content (AvgIpc) is 1.68. The first-order valence-electron chi connectivity index (χ1n) is 2.11. The molecule has 0 aromatic carbocycles. The topological polar surface area (TPSA) is 46.2 Å². The van der Waals surface area contributed by atoms with Gasteiger partial charge in [0, 0.05) is 12.5 Å². The molecule has 0 saturated heterocycles. The number of hydrogen-bond donors (Lipinski definition) is 2. The van der Waals surface area contributed by atoms with E-state index in [1.54, 1.807) is 0 Å². The Balaban J connectivity index is 3.03. The molecule has 0 aromatic heterocycles. The van der Waals surface area contributed by atoms with Crippen molar-refractivity contribution in [1.29, 1.82) is 0 Å². The van der Waals surface area contributed by atoms with Gasteiger partial charge in [-0.3, -0.25) is 0 Å². The number of hydrogen-bond acceptors (Lipinski definition) is 2. The van der Waals surface area contributed by atoms with Crippen molar-refractivity contribution in [2.24, 2.45) is 5.73 Å². The van der Waals surface area contributed by atoms with Crippen molar-refractivity contribution < 1.29 is 5.11 Å². The summed E-state index contributed by atoms with van der Waals surface area (Å²) in [4.78, 5) is 0. The predicted molar refractivity (Wildman–Crippen MR) is 28.5 cm³/mol. The third-order valence-corrected chi connectivity index (χ3v) is 0.615. The summed E-state index contributed by atoms with van der Waals surface area (Å²) in [6.45, 7) is -0.0236. The van der Waals surface area contributed by atoms with Crippen LogP contribution in [0.4, 0.5) is 0 Å². The lowest BCUT2D eigenvalue weighted by molar-refractivity contribution is 0.267. The molecule has 0 fully saturated rings. The third-order valence-electron chi connectivity index (χ3n) is 0.615. The molecule has 0 unspecified atom stereocenters. The van der Waals surface area contributed by atoms with E-state index < -0.39 is 0 Å². The van der Waals surface area contributed by atoms with Crippen LogP contribution in [0.5, 0.6) is 0 Å². The molecule has 2 nitrogen and oxygen atoms in total. The summed E-state index contributed by atoms with van der Waals surface area (Å²) in [5, 5.41) is 8.25. The van der Waals surface area contributed by atoms with Crippen molar-refractivity contribution in [1.82, 2.24) is 0 Å². The zero-order valence-electron chi connectivity index (χ0n) is 4.09. The van der Waals surface area contributed by atoms with Crippen molar-refractivity contribution in [2.45, 2.75) is 12.5 Å². The van der Waals surface area contributed by atoms with Gasteiger partial charge in [0.2, 0.25) is 0 Å². The summed E-state index contributed by atoms with van der Waals surface area (Å²) in [6.07, 6.45) is 5.32. The second-order valence-corrected chi connectivity index (χ2v) is 1.35. The fourth-order valence-electron chi connectivity index (χ4n) is 0.216.